The molecule has 5 nitrogen and oxygen atoms in total. The summed E-state index contributed by atoms with van der Waals surface area (Å²) in [5.41, 5.74) is 11.5. The first-order valence-electron chi connectivity index (χ1n) is 9.53. The van der Waals surface area contributed by atoms with E-state index in [2.05, 4.69) is 5.32 Å². The van der Waals surface area contributed by atoms with Crippen LogP contribution in [0.2, 0.25) is 0 Å². The molecule has 2 aromatic carbocycles. The van der Waals surface area contributed by atoms with Crippen LogP contribution in [0.25, 0.3) is 0 Å². The largest absolute Gasteiger partial charge is 0.497 e. The Balaban J connectivity index is 1.78. The number of aryl methyl sites for hydroxylation is 2. The summed E-state index contributed by atoms with van der Waals surface area (Å²) >= 11 is 0. The second kappa shape index (κ2) is 8.74. The van der Waals surface area contributed by atoms with Gasteiger partial charge in [-0.1, -0.05) is 6.07 Å². The molecule has 0 heterocycles. The van der Waals surface area contributed by atoms with Crippen molar-refractivity contribution in [3.63, 3.8) is 0 Å². The van der Waals surface area contributed by atoms with E-state index in [1.54, 1.807) is 13.3 Å². The van der Waals surface area contributed by atoms with Crippen molar-refractivity contribution in [3.8, 4) is 5.75 Å². The number of amides is 1. The lowest BCUT2D eigenvalue weighted by Gasteiger charge is -2.27. The van der Waals surface area contributed by atoms with Gasteiger partial charge in [0.2, 0.25) is 0 Å². The van der Waals surface area contributed by atoms with Crippen LogP contribution in [0.15, 0.2) is 59.2 Å². The SMILES string of the molecule is COc1ccc(N=C2CCCC(NC(=O)c3ccc(C)c(C)c3)/C2=C/N)cc1. The molecular formula is C23H27N3O2. The monoisotopic (exact) mass is 377 g/mol. The maximum atomic E-state index is 12.7. The van der Waals surface area contributed by atoms with E-state index in [1.807, 2.05) is 56.3 Å². The molecule has 0 aromatic heterocycles. The van der Waals surface area contributed by atoms with Crippen molar-refractivity contribution in [2.45, 2.75) is 39.2 Å². The number of nitrogens with two attached hydrogens (primary N) is 1. The standard InChI is InChI=1S/C23H27N3O2/c1-15-7-8-17(13-16(15)2)23(27)26-22-6-4-5-21(20(22)14-24)25-18-9-11-19(28-3)12-10-18/h7-14,22H,4-6,24H2,1-3H3,(H,26,27)/b20-14+,25-21?. The molecular weight excluding hydrogens is 350 g/mol. The van der Waals surface area contributed by atoms with Gasteiger partial charge in [-0.15, -0.1) is 0 Å². The summed E-state index contributed by atoms with van der Waals surface area (Å²) in [6.07, 6.45) is 4.21. The summed E-state index contributed by atoms with van der Waals surface area (Å²) in [5, 5.41) is 3.13. The highest BCUT2D eigenvalue weighted by atomic mass is 16.5. The Hall–Kier alpha value is -3.08. The van der Waals surface area contributed by atoms with Gasteiger partial charge in [-0.2, -0.15) is 0 Å². The van der Waals surface area contributed by atoms with Gasteiger partial charge in [0.05, 0.1) is 18.8 Å². The lowest BCUT2D eigenvalue weighted by molar-refractivity contribution is 0.0941. The molecule has 146 valence electrons. The van der Waals surface area contributed by atoms with E-state index in [0.29, 0.717) is 5.56 Å². The number of ether oxygens (including phenoxy) is 1. The number of carbonyl (C=O) groups is 1. The highest BCUT2D eigenvalue weighted by Crippen LogP contribution is 2.26. The average molecular weight is 377 g/mol. The van der Waals surface area contributed by atoms with E-state index < -0.39 is 0 Å². The summed E-state index contributed by atoms with van der Waals surface area (Å²) in [6.45, 7) is 4.05. The van der Waals surface area contributed by atoms with Crippen LogP contribution in [-0.2, 0) is 0 Å². The summed E-state index contributed by atoms with van der Waals surface area (Å²) in [6, 6.07) is 13.2. The Bertz CT molecular complexity index is 914. The second-order valence-electron chi connectivity index (χ2n) is 7.10. The molecule has 1 aliphatic carbocycles. The molecule has 28 heavy (non-hydrogen) atoms. The summed E-state index contributed by atoms with van der Waals surface area (Å²) < 4.78 is 5.19. The molecule has 0 bridgehead atoms. The molecule has 1 fully saturated rings. The van der Waals surface area contributed by atoms with Gasteiger partial charge >= 0.3 is 0 Å². The number of rotatable bonds is 4. The van der Waals surface area contributed by atoms with Crippen molar-refractivity contribution in [1.29, 1.82) is 0 Å². The minimum absolute atomic E-state index is 0.0850. The number of methoxy groups -OCH3 is 1. The first kappa shape index (κ1) is 19.7. The molecule has 3 N–H and O–H groups in total. The van der Waals surface area contributed by atoms with Crippen LogP contribution in [0.1, 0.15) is 40.7 Å². The van der Waals surface area contributed by atoms with Gasteiger partial charge in [-0.3, -0.25) is 9.79 Å². The fourth-order valence-corrected chi connectivity index (χ4v) is 3.39. The molecule has 0 aliphatic heterocycles. The van der Waals surface area contributed by atoms with E-state index >= 15 is 0 Å². The van der Waals surface area contributed by atoms with Crippen LogP contribution < -0.4 is 15.8 Å². The predicted molar refractivity (Wildman–Crippen MR) is 113 cm³/mol. The highest BCUT2D eigenvalue weighted by Gasteiger charge is 2.26. The third kappa shape index (κ3) is 4.42. The van der Waals surface area contributed by atoms with E-state index in [4.69, 9.17) is 15.5 Å². The van der Waals surface area contributed by atoms with Gasteiger partial charge in [-0.25, -0.2) is 0 Å². The number of nitrogens with one attached hydrogen (secondary N) is 1. The minimum atomic E-state index is -0.134. The van der Waals surface area contributed by atoms with E-state index in [9.17, 15) is 4.79 Å². The van der Waals surface area contributed by atoms with Gasteiger partial charge in [0.25, 0.3) is 5.91 Å². The van der Waals surface area contributed by atoms with Crippen molar-refractivity contribution in [2.24, 2.45) is 10.7 Å². The smallest absolute Gasteiger partial charge is 0.251 e. The Morgan fingerprint density at radius 2 is 1.93 bits per heavy atom. The second-order valence-corrected chi connectivity index (χ2v) is 7.10. The Kier molecular flexibility index (Phi) is 6.14. The lowest BCUT2D eigenvalue weighted by Crippen LogP contribution is -2.41. The van der Waals surface area contributed by atoms with Crippen molar-refractivity contribution >= 4 is 17.3 Å². The molecule has 5 heteroatoms. The van der Waals surface area contributed by atoms with Crippen molar-refractivity contribution in [2.75, 3.05) is 7.11 Å². The number of hydrogen-bond donors (Lipinski definition) is 2. The Morgan fingerprint density at radius 3 is 2.57 bits per heavy atom. The molecule has 1 saturated carbocycles. The van der Waals surface area contributed by atoms with Crippen LogP contribution in [0.3, 0.4) is 0 Å². The van der Waals surface area contributed by atoms with Crippen LogP contribution in [0.4, 0.5) is 5.69 Å². The Labute approximate surface area is 166 Å². The number of nitrogens with zero attached hydrogens (tertiary/aromatic N) is 1. The van der Waals surface area contributed by atoms with E-state index in [1.165, 1.54) is 5.56 Å². The van der Waals surface area contributed by atoms with E-state index in [-0.39, 0.29) is 11.9 Å². The maximum absolute atomic E-state index is 12.7. The highest BCUT2D eigenvalue weighted by molar-refractivity contribution is 6.04. The summed E-state index contributed by atoms with van der Waals surface area (Å²) in [7, 11) is 1.64. The molecule has 0 spiro atoms. The third-order valence-corrected chi connectivity index (χ3v) is 5.21. The van der Waals surface area contributed by atoms with Crippen LogP contribution >= 0.6 is 0 Å². The van der Waals surface area contributed by atoms with Crippen molar-refractivity contribution < 1.29 is 9.53 Å². The zero-order valence-electron chi connectivity index (χ0n) is 16.7. The van der Waals surface area contributed by atoms with Gasteiger partial charge in [0.15, 0.2) is 0 Å². The molecule has 1 atom stereocenters. The number of aliphatic imine (C=N–C) groups is 1. The average Bonchev–Trinajstić information content (AvgIpc) is 2.71. The topological polar surface area (TPSA) is 76.7 Å². The molecule has 1 aliphatic rings. The molecule has 3 rings (SSSR count). The summed E-state index contributed by atoms with van der Waals surface area (Å²) in [5.74, 6) is 0.707. The first-order valence-corrected chi connectivity index (χ1v) is 9.53. The fourth-order valence-electron chi connectivity index (χ4n) is 3.39. The van der Waals surface area contributed by atoms with Gasteiger partial charge < -0.3 is 15.8 Å². The van der Waals surface area contributed by atoms with Crippen LogP contribution in [0.5, 0.6) is 5.75 Å². The maximum Gasteiger partial charge on any atom is 0.251 e. The van der Waals surface area contributed by atoms with Crippen molar-refractivity contribution in [3.05, 3.63) is 70.9 Å². The predicted octanol–water partition coefficient (Wildman–Crippen LogP) is 4.21. The summed E-state index contributed by atoms with van der Waals surface area (Å²) in [4.78, 5) is 17.5. The number of hydrogen-bond acceptors (Lipinski definition) is 4. The molecule has 2 aromatic rings. The fraction of sp³-hybridized carbons (Fsp3) is 0.304. The molecule has 1 amide bonds. The molecule has 0 radical (unpaired) electrons. The molecule has 0 saturated heterocycles. The van der Waals surface area contributed by atoms with Crippen molar-refractivity contribution in [1.82, 2.24) is 5.32 Å². The lowest BCUT2D eigenvalue weighted by atomic mass is 9.88. The number of carbonyl (C=O) groups excluding carboxylic acids is 1. The number of benzene rings is 2. The zero-order chi connectivity index (χ0) is 20.1. The molecule has 1 unspecified atom stereocenters. The van der Waals surface area contributed by atoms with Crippen LogP contribution in [0, 0.1) is 13.8 Å². The Morgan fingerprint density at radius 1 is 1.18 bits per heavy atom. The first-order chi connectivity index (χ1) is 13.5. The van der Waals surface area contributed by atoms with Gasteiger partial charge in [-0.05, 0) is 80.6 Å². The quantitative estimate of drug-likeness (QED) is 0.838. The van der Waals surface area contributed by atoms with Gasteiger partial charge in [0, 0.05) is 23.0 Å². The zero-order valence-corrected chi connectivity index (χ0v) is 16.7. The van der Waals surface area contributed by atoms with Gasteiger partial charge in [0.1, 0.15) is 5.75 Å². The van der Waals surface area contributed by atoms with E-state index in [0.717, 1.165) is 47.5 Å². The van der Waals surface area contributed by atoms with Crippen LogP contribution in [-0.4, -0.2) is 24.8 Å². The normalized spacial score (nSPS) is 19.6. The minimum Gasteiger partial charge on any atom is -0.497 e. The third-order valence-electron chi connectivity index (χ3n) is 5.21.